The van der Waals surface area contributed by atoms with Crippen LogP contribution >= 0.6 is 0 Å². The van der Waals surface area contributed by atoms with Crippen LogP contribution in [0.15, 0.2) is 65.7 Å². The fourth-order valence-corrected chi connectivity index (χ4v) is 7.01. The number of benzene rings is 2. The second-order valence-electron chi connectivity index (χ2n) is 12.4. The number of nitrogens with one attached hydrogen (secondary N) is 1. The number of piperidine rings is 1. The molecule has 5 aromatic rings. The molecular weight excluding hydrogens is 568 g/mol. The lowest BCUT2D eigenvalue weighted by Gasteiger charge is -2.30. The normalized spacial score (nSPS) is 18.4. The van der Waals surface area contributed by atoms with Crippen molar-refractivity contribution in [3.63, 3.8) is 0 Å². The van der Waals surface area contributed by atoms with Crippen LogP contribution in [0.3, 0.4) is 0 Å². The Morgan fingerprint density at radius 2 is 1.84 bits per heavy atom. The summed E-state index contributed by atoms with van der Waals surface area (Å²) in [5.74, 6) is 1.55. The maximum absolute atomic E-state index is 13.7. The van der Waals surface area contributed by atoms with Gasteiger partial charge in [-0.1, -0.05) is 18.2 Å². The van der Waals surface area contributed by atoms with Crippen LogP contribution in [0.5, 0.6) is 5.75 Å². The molecule has 1 amide bonds. The second kappa shape index (κ2) is 10.9. The Balaban J connectivity index is 1.19. The first-order valence-corrected chi connectivity index (χ1v) is 15.7. The van der Waals surface area contributed by atoms with Gasteiger partial charge < -0.3 is 24.4 Å². The summed E-state index contributed by atoms with van der Waals surface area (Å²) in [5.41, 5.74) is 5.18. The average Bonchev–Trinajstić information content (AvgIpc) is 3.51. The lowest BCUT2D eigenvalue weighted by Crippen LogP contribution is -2.39. The van der Waals surface area contributed by atoms with Crippen molar-refractivity contribution >= 4 is 45.2 Å². The van der Waals surface area contributed by atoms with Crippen molar-refractivity contribution < 1.29 is 9.53 Å². The van der Waals surface area contributed by atoms with Crippen LogP contribution in [0.1, 0.15) is 37.2 Å². The van der Waals surface area contributed by atoms with Gasteiger partial charge in [0.25, 0.3) is 11.5 Å². The van der Waals surface area contributed by atoms with Gasteiger partial charge in [0.05, 0.1) is 23.4 Å². The lowest BCUT2D eigenvalue weighted by molar-refractivity contribution is -0.121. The quantitative estimate of drug-likeness (QED) is 0.298. The summed E-state index contributed by atoms with van der Waals surface area (Å²) in [6.45, 7) is 3.26. The van der Waals surface area contributed by atoms with E-state index >= 15 is 0 Å². The summed E-state index contributed by atoms with van der Waals surface area (Å²) in [6, 6.07) is 12.1. The van der Waals surface area contributed by atoms with Gasteiger partial charge in [-0.3, -0.25) is 9.59 Å². The van der Waals surface area contributed by atoms with E-state index in [1.165, 1.54) is 23.8 Å². The van der Waals surface area contributed by atoms with Crippen LogP contribution in [-0.2, 0) is 18.4 Å². The largest absolute Gasteiger partial charge is 0.482 e. The van der Waals surface area contributed by atoms with Crippen molar-refractivity contribution in [1.82, 2.24) is 28.8 Å². The first-order chi connectivity index (χ1) is 21.9. The van der Waals surface area contributed by atoms with Gasteiger partial charge in [-0.2, -0.15) is 4.98 Å². The number of aryl methyl sites for hydroxylation is 1. The first kappa shape index (κ1) is 27.6. The standard InChI is InChI=1S/C34H36N8O3/c1-38-15-11-22(12-16-38)27-20-39(2)28-17-23(7-9-25(27)28)36-34-35-19-26-32(37-34)42-24-8-10-30-29(18-24)40(31(43)21-45-30)13-5-3-4-6-14-41(42)33(26)44/h4,6-10,17-20,22H,3,5,11-16,21H2,1-2H3,(H,35,36,37)/b6-4-. The van der Waals surface area contributed by atoms with Crippen LogP contribution in [0.4, 0.5) is 17.3 Å². The summed E-state index contributed by atoms with van der Waals surface area (Å²) in [6.07, 6.45) is 11.9. The van der Waals surface area contributed by atoms with Crippen molar-refractivity contribution in [2.24, 2.45) is 7.05 Å². The number of hydrogen-bond donors (Lipinski definition) is 1. The van der Waals surface area contributed by atoms with Crippen molar-refractivity contribution in [2.45, 2.75) is 38.1 Å². The molecule has 8 rings (SSSR count). The average molecular weight is 605 g/mol. The summed E-state index contributed by atoms with van der Waals surface area (Å²) in [7, 11) is 4.29. The Labute approximate surface area is 260 Å². The van der Waals surface area contributed by atoms with E-state index in [9.17, 15) is 9.59 Å². The van der Waals surface area contributed by atoms with Crippen LogP contribution in [0, 0.1) is 0 Å². The van der Waals surface area contributed by atoms with Crippen LogP contribution in [0.25, 0.3) is 27.6 Å². The van der Waals surface area contributed by atoms with Gasteiger partial charge in [0.2, 0.25) is 5.95 Å². The van der Waals surface area contributed by atoms with Crippen molar-refractivity contribution in [3.05, 3.63) is 76.9 Å². The first-order valence-electron chi connectivity index (χ1n) is 15.7. The number of aromatic nitrogens is 5. The number of likely N-dealkylation sites (tertiary alicyclic amines) is 1. The molecule has 3 aliphatic rings. The van der Waals surface area contributed by atoms with E-state index in [0.29, 0.717) is 47.4 Å². The maximum atomic E-state index is 13.7. The molecule has 0 radical (unpaired) electrons. The van der Waals surface area contributed by atoms with Gasteiger partial charge in [-0.25, -0.2) is 14.3 Å². The van der Waals surface area contributed by atoms with Gasteiger partial charge in [-0.15, -0.1) is 0 Å². The third kappa shape index (κ3) is 4.78. The van der Waals surface area contributed by atoms with Gasteiger partial charge >= 0.3 is 0 Å². The number of carbonyl (C=O) groups is 1. The molecule has 0 aliphatic carbocycles. The molecule has 6 heterocycles. The van der Waals surface area contributed by atoms with E-state index < -0.39 is 0 Å². The lowest BCUT2D eigenvalue weighted by atomic mass is 9.89. The number of rotatable bonds is 3. The van der Waals surface area contributed by atoms with E-state index in [1.54, 1.807) is 15.8 Å². The predicted molar refractivity (Wildman–Crippen MR) is 175 cm³/mol. The maximum Gasteiger partial charge on any atom is 0.278 e. The van der Waals surface area contributed by atoms with E-state index in [1.807, 2.05) is 29.0 Å². The van der Waals surface area contributed by atoms with Gasteiger partial charge in [0.1, 0.15) is 11.1 Å². The minimum Gasteiger partial charge on any atom is -0.482 e. The minimum absolute atomic E-state index is 0.0234. The van der Waals surface area contributed by atoms with Gasteiger partial charge in [0.15, 0.2) is 12.3 Å². The van der Waals surface area contributed by atoms with Gasteiger partial charge in [-0.05, 0) is 87.6 Å². The molecule has 2 bridgehead atoms. The van der Waals surface area contributed by atoms with Crippen molar-refractivity contribution in [1.29, 1.82) is 0 Å². The molecule has 1 fully saturated rings. The number of fused-ring (bicyclic) bond motifs is 6. The van der Waals surface area contributed by atoms with Crippen LogP contribution in [0.2, 0.25) is 0 Å². The molecule has 1 N–H and O–H groups in total. The number of nitrogens with zero attached hydrogens (tertiary/aromatic N) is 7. The Morgan fingerprint density at radius 3 is 2.71 bits per heavy atom. The summed E-state index contributed by atoms with van der Waals surface area (Å²) < 4.78 is 11.4. The van der Waals surface area contributed by atoms with Crippen molar-refractivity contribution in [2.75, 3.05) is 43.5 Å². The summed E-state index contributed by atoms with van der Waals surface area (Å²) >= 11 is 0. The molecule has 2 aromatic carbocycles. The summed E-state index contributed by atoms with van der Waals surface area (Å²) in [5, 5.41) is 5.09. The molecule has 1 saturated heterocycles. The Kier molecular flexibility index (Phi) is 6.71. The monoisotopic (exact) mass is 604 g/mol. The molecule has 0 atom stereocenters. The Morgan fingerprint density at radius 1 is 0.978 bits per heavy atom. The fourth-order valence-electron chi connectivity index (χ4n) is 7.01. The van der Waals surface area contributed by atoms with E-state index in [4.69, 9.17) is 9.72 Å². The van der Waals surface area contributed by atoms with E-state index in [2.05, 4.69) is 64.3 Å². The number of anilines is 3. The van der Waals surface area contributed by atoms with E-state index in [0.717, 1.165) is 42.8 Å². The zero-order valence-corrected chi connectivity index (χ0v) is 25.6. The molecule has 45 heavy (non-hydrogen) atoms. The molecule has 0 unspecified atom stereocenters. The molecule has 11 heteroatoms. The Bertz CT molecular complexity index is 2050. The number of ether oxygens (including phenoxy) is 1. The number of amides is 1. The molecule has 3 aromatic heterocycles. The Hall–Kier alpha value is -4.90. The highest BCUT2D eigenvalue weighted by Crippen LogP contribution is 2.37. The third-order valence-corrected chi connectivity index (χ3v) is 9.44. The van der Waals surface area contributed by atoms with Crippen LogP contribution < -0.4 is 20.5 Å². The van der Waals surface area contributed by atoms with Crippen LogP contribution in [-0.4, -0.2) is 68.0 Å². The van der Waals surface area contributed by atoms with E-state index in [-0.39, 0.29) is 18.1 Å². The second-order valence-corrected chi connectivity index (χ2v) is 12.4. The molecule has 0 saturated carbocycles. The zero-order valence-electron chi connectivity index (χ0n) is 25.6. The number of allylic oxidation sites excluding steroid dienone is 2. The topological polar surface area (TPSA) is 102 Å². The molecule has 230 valence electrons. The third-order valence-electron chi connectivity index (χ3n) is 9.44. The number of carbonyl (C=O) groups excluding carboxylic acids is 1. The highest BCUT2D eigenvalue weighted by molar-refractivity contribution is 5.98. The molecule has 0 spiro atoms. The van der Waals surface area contributed by atoms with Crippen molar-refractivity contribution in [3.8, 4) is 11.4 Å². The highest BCUT2D eigenvalue weighted by atomic mass is 16.5. The SMILES string of the molecule is CN1CCC(c2cn(C)c3cc(Nc4ncc5c(=O)n6n(c5n4)-c4ccc5c(c4)N(CCC/C=C\C6)C(=O)CO5)ccc23)CC1. The smallest absolute Gasteiger partial charge is 0.278 e. The minimum atomic E-state index is -0.174. The summed E-state index contributed by atoms with van der Waals surface area (Å²) in [4.78, 5) is 40.1. The highest BCUT2D eigenvalue weighted by Gasteiger charge is 2.27. The van der Waals surface area contributed by atoms with Gasteiger partial charge in [0, 0.05) is 37.1 Å². The molecule has 3 aliphatic heterocycles. The number of hydrogen-bond acceptors (Lipinski definition) is 7. The molecular formula is C34H36N8O3. The zero-order chi connectivity index (χ0) is 30.7. The fraction of sp³-hybridized carbons (Fsp3) is 0.353. The predicted octanol–water partition coefficient (Wildman–Crippen LogP) is 4.70. The molecule has 11 nitrogen and oxygen atoms in total.